The first-order valence-corrected chi connectivity index (χ1v) is 8.00. The zero-order chi connectivity index (χ0) is 20.0. The Bertz CT molecular complexity index is 978. The summed E-state index contributed by atoms with van der Waals surface area (Å²) in [5.74, 6) is -0.425. The quantitative estimate of drug-likeness (QED) is 0.675. The number of anilines is 1. The molecule has 0 aliphatic heterocycles. The summed E-state index contributed by atoms with van der Waals surface area (Å²) in [7, 11) is 0. The van der Waals surface area contributed by atoms with Crippen LogP contribution in [0.1, 0.15) is 36.7 Å². The van der Waals surface area contributed by atoms with Gasteiger partial charge >= 0.3 is 6.18 Å². The molecule has 0 aliphatic rings. The lowest BCUT2D eigenvalue weighted by Crippen LogP contribution is -2.35. The Labute approximate surface area is 151 Å². The Hall–Kier alpha value is -2.75. The lowest BCUT2D eigenvalue weighted by molar-refractivity contribution is -0.137. The van der Waals surface area contributed by atoms with E-state index in [9.17, 15) is 22.7 Å². The third-order valence-electron chi connectivity index (χ3n) is 4.02. The van der Waals surface area contributed by atoms with Crippen LogP contribution in [0.25, 0.3) is 5.78 Å². The molecule has 0 saturated carbocycles. The summed E-state index contributed by atoms with van der Waals surface area (Å²) in [6.07, 6.45) is -3.38. The van der Waals surface area contributed by atoms with Crippen LogP contribution < -0.4 is 5.32 Å². The summed E-state index contributed by atoms with van der Waals surface area (Å²) < 4.78 is 54.3. The molecule has 0 bridgehead atoms. The second kappa shape index (κ2) is 6.45. The Kier molecular flexibility index (Phi) is 4.54. The molecule has 0 fully saturated rings. The van der Waals surface area contributed by atoms with Gasteiger partial charge in [-0.15, -0.1) is 0 Å². The number of fused-ring (bicyclic) bond motifs is 1. The minimum absolute atomic E-state index is 0.113. The fraction of sp³-hybridized carbons (Fsp3) is 0.353. The Morgan fingerprint density at radius 2 is 1.89 bits per heavy atom. The van der Waals surface area contributed by atoms with Gasteiger partial charge in [-0.3, -0.25) is 0 Å². The number of nitrogens with one attached hydrogen (secondary N) is 1. The summed E-state index contributed by atoms with van der Waals surface area (Å²) in [6.45, 7) is 4.57. The molecule has 2 heterocycles. The fourth-order valence-corrected chi connectivity index (χ4v) is 2.75. The second-order valence-corrected chi connectivity index (χ2v) is 6.72. The number of halogens is 4. The molecule has 0 radical (unpaired) electrons. The van der Waals surface area contributed by atoms with Gasteiger partial charge in [0.1, 0.15) is 18.0 Å². The molecule has 2 aromatic heterocycles. The molecule has 1 atom stereocenters. The van der Waals surface area contributed by atoms with Gasteiger partial charge in [0.25, 0.3) is 5.78 Å². The molecule has 1 aromatic carbocycles. The van der Waals surface area contributed by atoms with Gasteiger partial charge in [0.05, 0.1) is 17.2 Å². The smallest absolute Gasteiger partial charge is 0.388 e. The van der Waals surface area contributed by atoms with Crippen molar-refractivity contribution < 1.29 is 22.7 Å². The molecule has 0 unspecified atom stereocenters. The molecule has 10 heteroatoms. The number of alkyl halides is 3. The van der Waals surface area contributed by atoms with Crippen molar-refractivity contribution in [3.8, 4) is 0 Å². The molecule has 27 heavy (non-hydrogen) atoms. The molecule has 0 aliphatic carbocycles. The number of aliphatic hydroxyl groups is 1. The van der Waals surface area contributed by atoms with E-state index in [2.05, 4.69) is 20.4 Å². The molecule has 0 spiro atoms. The van der Waals surface area contributed by atoms with E-state index in [0.717, 1.165) is 12.1 Å². The third kappa shape index (κ3) is 3.85. The molecule has 6 nitrogen and oxygen atoms in total. The summed E-state index contributed by atoms with van der Waals surface area (Å²) in [5.41, 5.74) is -2.12. The highest BCUT2D eigenvalue weighted by Crippen LogP contribution is 2.35. The lowest BCUT2D eigenvalue weighted by Gasteiger charge is -2.32. The molecular formula is C17H17F4N5O. The molecule has 3 rings (SSSR count). The fourth-order valence-electron chi connectivity index (χ4n) is 2.75. The van der Waals surface area contributed by atoms with Crippen molar-refractivity contribution >= 4 is 11.6 Å². The van der Waals surface area contributed by atoms with Crippen molar-refractivity contribution in [2.24, 2.45) is 0 Å². The molecular weight excluding hydrogens is 366 g/mol. The summed E-state index contributed by atoms with van der Waals surface area (Å²) >= 11 is 0. The van der Waals surface area contributed by atoms with Gasteiger partial charge in [0.2, 0.25) is 0 Å². The Morgan fingerprint density at radius 1 is 1.19 bits per heavy atom. The predicted molar refractivity (Wildman–Crippen MR) is 89.6 cm³/mol. The van der Waals surface area contributed by atoms with E-state index in [1.165, 1.54) is 24.7 Å². The van der Waals surface area contributed by atoms with Crippen LogP contribution in [-0.2, 0) is 6.18 Å². The lowest BCUT2D eigenvalue weighted by atomic mass is 9.90. The van der Waals surface area contributed by atoms with Crippen LogP contribution in [0.3, 0.4) is 0 Å². The minimum atomic E-state index is -4.66. The standard InChI is InChI=1S/C17H17F4N5O/c1-9-6-13(26-15(24-9)22-8-23-26)25-14(16(2,3)27)11-5-4-10(7-12(11)18)17(19,20)21/h4-8,14,25,27H,1-3H3/t14-/m1/s1. The highest BCUT2D eigenvalue weighted by atomic mass is 19.4. The predicted octanol–water partition coefficient (Wildman–Crippen LogP) is 3.51. The van der Waals surface area contributed by atoms with Crippen LogP contribution in [0.2, 0.25) is 0 Å². The van der Waals surface area contributed by atoms with E-state index < -0.39 is 29.2 Å². The molecule has 144 valence electrons. The number of rotatable bonds is 4. The van der Waals surface area contributed by atoms with E-state index in [-0.39, 0.29) is 5.56 Å². The largest absolute Gasteiger partial charge is 0.416 e. The molecule has 0 amide bonds. The van der Waals surface area contributed by atoms with Crippen molar-refractivity contribution in [3.05, 3.63) is 53.2 Å². The van der Waals surface area contributed by atoms with Crippen LogP contribution in [-0.4, -0.2) is 30.3 Å². The second-order valence-electron chi connectivity index (χ2n) is 6.72. The van der Waals surface area contributed by atoms with Crippen LogP contribution in [0.15, 0.2) is 30.6 Å². The van der Waals surface area contributed by atoms with E-state index >= 15 is 0 Å². The van der Waals surface area contributed by atoms with Crippen molar-refractivity contribution in [2.45, 2.75) is 38.6 Å². The highest BCUT2D eigenvalue weighted by Gasteiger charge is 2.35. The van der Waals surface area contributed by atoms with Crippen LogP contribution in [0.5, 0.6) is 0 Å². The van der Waals surface area contributed by atoms with E-state index in [4.69, 9.17) is 0 Å². The normalized spacial score (nSPS) is 13.8. The first-order chi connectivity index (χ1) is 12.5. The van der Waals surface area contributed by atoms with Crippen molar-refractivity contribution in [3.63, 3.8) is 0 Å². The van der Waals surface area contributed by atoms with Crippen LogP contribution in [0, 0.1) is 12.7 Å². The molecule has 2 N–H and O–H groups in total. The van der Waals surface area contributed by atoms with Crippen LogP contribution in [0.4, 0.5) is 23.4 Å². The zero-order valence-corrected chi connectivity index (χ0v) is 14.7. The SMILES string of the molecule is Cc1cc(N[C@H](c2ccc(C(F)(F)F)cc2F)C(C)(C)O)n2ncnc2n1. The number of nitrogens with zero attached hydrogens (tertiary/aromatic N) is 4. The van der Waals surface area contributed by atoms with Crippen molar-refractivity contribution in [1.29, 1.82) is 0 Å². The maximum absolute atomic E-state index is 14.5. The van der Waals surface area contributed by atoms with Gasteiger partial charge < -0.3 is 10.4 Å². The summed E-state index contributed by atoms with van der Waals surface area (Å²) in [5, 5.41) is 17.5. The molecule has 0 saturated heterocycles. The van der Waals surface area contributed by atoms with Gasteiger partial charge in [-0.2, -0.15) is 27.8 Å². The van der Waals surface area contributed by atoms with E-state index in [0.29, 0.717) is 23.4 Å². The summed E-state index contributed by atoms with van der Waals surface area (Å²) in [4.78, 5) is 8.16. The topological polar surface area (TPSA) is 75.3 Å². The highest BCUT2D eigenvalue weighted by molar-refractivity contribution is 5.47. The number of aryl methyl sites for hydroxylation is 1. The van der Waals surface area contributed by atoms with Crippen LogP contribution >= 0.6 is 0 Å². The van der Waals surface area contributed by atoms with Crippen molar-refractivity contribution in [2.75, 3.05) is 5.32 Å². The average molecular weight is 383 g/mol. The number of hydrogen-bond donors (Lipinski definition) is 2. The monoisotopic (exact) mass is 383 g/mol. The number of aromatic nitrogens is 4. The minimum Gasteiger partial charge on any atom is -0.388 e. The summed E-state index contributed by atoms with van der Waals surface area (Å²) in [6, 6.07) is 2.76. The number of benzene rings is 1. The first-order valence-electron chi connectivity index (χ1n) is 8.00. The van der Waals surface area contributed by atoms with Gasteiger partial charge in [0, 0.05) is 17.3 Å². The van der Waals surface area contributed by atoms with Gasteiger partial charge in [-0.25, -0.2) is 9.37 Å². The Balaban J connectivity index is 2.07. The third-order valence-corrected chi connectivity index (χ3v) is 4.02. The number of hydrogen-bond acceptors (Lipinski definition) is 5. The van der Waals surface area contributed by atoms with E-state index in [1.54, 1.807) is 13.0 Å². The molecule has 3 aromatic rings. The first kappa shape index (κ1) is 19.0. The van der Waals surface area contributed by atoms with E-state index in [1.807, 2.05) is 0 Å². The van der Waals surface area contributed by atoms with Gasteiger partial charge in [0.15, 0.2) is 0 Å². The van der Waals surface area contributed by atoms with Gasteiger partial charge in [-0.05, 0) is 32.9 Å². The Morgan fingerprint density at radius 3 is 2.48 bits per heavy atom. The van der Waals surface area contributed by atoms with Gasteiger partial charge in [-0.1, -0.05) is 6.07 Å². The maximum atomic E-state index is 14.5. The maximum Gasteiger partial charge on any atom is 0.416 e. The van der Waals surface area contributed by atoms with Crippen molar-refractivity contribution in [1.82, 2.24) is 19.6 Å². The average Bonchev–Trinajstić information content (AvgIpc) is 2.99. The zero-order valence-electron chi connectivity index (χ0n) is 14.7.